The normalized spacial score (nSPS) is 19.8. The Labute approximate surface area is 197 Å². The van der Waals surface area contributed by atoms with Crippen molar-refractivity contribution in [3.63, 3.8) is 0 Å². The van der Waals surface area contributed by atoms with Crippen LogP contribution in [0.15, 0.2) is 0 Å². The van der Waals surface area contributed by atoms with E-state index in [1.54, 1.807) is 11.8 Å². The van der Waals surface area contributed by atoms with Crippen LogP contribution in [0.2, 0.25) is 0 Å². The standard InChI is InChI=1S/C23H44N2O2S3/c1-17(16-24)14-19(26)21(22(3,4)28-5)25-11-7-8-18(2)20(27)15-23(29-6)9-12-30-13-10-23/h17-18,21,25H,7-16,24H2,1-6H3. The number of thioether (sulfide) groups is 3. The molecule has 0 aromatic carbocycles. The van der Waals surface area contributed by atoms with Gasteiger partial charge in [0.1, 0.15) is 5.78 Å². The first-order chi connectivity index (χ1) is 14.1. The van der Waals surface area contributed by atoms with Crippen molar-refractivity contribution in [1.82, 2.24) is 5.32 Å². The molecule has 7 heteroatoms. The molecule has 0 bridgehead atoms. The molecule has 1 rings (SSSR count). The van der Waals surface area contributed by atoms with E-state index < -0.39 is 0 Å². The van der Waals surface area contributed by atoms with Crippen molar-refractivity contribution in [1.29, 1.82) is 0 Å². The lowest BCUT2D eigenvalue weighted by molar-refractivity contribution is -0.124. The molecule has 0 radical (unpaired) electrons. The largest absolute Gasteiger partial charge is 0.330 e. The van der Waals surface area contributed by atoms with Gasteiger partial charge < -0.3 is 11.1 Å². The topological polar surface area (TPSA) is 72.2 Å². The number of nitrogens with one attached hydrogen (secondary N) is 1. The Morgan fingerprint density at radius 1 is 1.17 bits per heavy atom. The summed E-state index contributed by atoms with van der Waals surface area (Å²) < 4.78 is -0.00895. The molecule has 1 fully saturated rings. The van der Waals surface area contributed by atoms with Gasteiger partial charge in [-0.1, -0.05) is 13.8 Å². The summed E-state index contributed by atoms with van der Waals surface area (Å²) in [6.07, 6.45) is 9.53. The summed E-state index contributed by atoms with van der Waals surface area (Å²) in [4.78, 5) is 25.7. The van der Waals surface area contributed by atoms with E-state index in [0.717, 1.165) is 32.2 Å². The van der Waals surface area contributed by atoms with Crippen molar-refractivity contribution in [2.45, 2.75) is 81.8 Å². The molecule has 30 heavy (non-hydrogen) atoms. The van der Waals surface area contributed by atoms with Gasteiger partial charge in [0, 0.05) is 28.3 Å². The van der Waals surface area contributed by atoms with Gasteiger partial charge in [-0.05, 0) is 82.6 Å². The molecule has 1 saturated heterocycles. The van der Waals surface area contributed by atoms with Gasteiger partial charge in [0.05, 0.1) is 6.04 Å². The zero-order valence-corrected chi connectivity index (χ0v) is 22.4. The summed E-state index contributed by atoms with van der Waals surface area (Å²) >= 11 is 5.62. The van der Waals surface area contributed by atoms with Crippen LogP contribution in [0.4, 0.5) is 0 Å². The lowest BCUT2D eigenvalue weighted by Crippen LogP contribution is -2.51. The summed E-state index contributed by atoms with van der Waals surface area (Å²) in [5.74, 6) is 3.30. The van der Waals surface area contributed by atoms with Gasteiger partial charge in [0.2, 0.25) is 0 Å². The quantitative estimate of drug-likeness (QED) is 0.333. The van der Waals surface area contributed by atoms with Crippen LogP contribution in [-0.4, -0.2) is 64.2 Å². The second-order valence-corrected chi connectivity index (χ2v) is 13.4. The Kier molecular flexibility index (Phi) is 13.0. The number of nitrogens with two attached hydrogens (primary N) is 1. The number of ketones is 2. The maximum atomic E-state index is 12.9. The van der Waals surface area contributed by atoms with Crippen LogP contribution in [0, 0.1) is 11.8 Å². The van der Waals surface area contributed by atoms with Crippen molar-refractivity contribution < 1.29 is 9.59 Å². The summed E-state index contributed by atoms with van der Waals surface area (Å²) in [7, 11) is 0. The highest BCUT2D eigenvalue weighted by atomic mass is 32.2. The Hall–Kier alpha value is 0.310. The van der Waals surface area contributed by atoms with E-state index >= 15 is 0 Å². The maximum Gasteiger partial charge on any atom is 0.151 e. The summed E-state index contributed by atoms with van der Waals surface area (Å²) in [5, 5.41) is 3.51. The van der Waals surface area contributed by atoms with Crippen LogP contribution < -0.4 is 11.1 Å². The number of hydrogen-bond acceptors (Lipinski definition) is 7. The minimum absolute atomic E-state index is 0.0883. The average molecular weight is 477 g/mol. The first kappa shape index (κ1) is 28.3. The van der Waals surface area contributed by atoms with Crippen LogP contribution in [0.5, 0.6) is 0 Å². The third kappa shape index (κ3) is 9.05. The highest BCUT2D eigenvalue weighted by molar-refractivity contribution is 8.01. The van der Waals surface area contributed by atoms with Crippen molar-refractivity contribution >= 4 is 46.9 Å². The fourth-order valence-corrected chi connectivity index (χ4v) is 6.80. The van der Waals surface area contributed by atoms with Gasteiger partial charge in [0.15, 0.2) is 5.78 Å². The van der Waals surface area contributed by atoms with Crippen LogP contribution >= 0.6 is 35.3 Å². The fourth-order valence-electron chi connectivity index (χ4n) is 3.91. The molecule has 176 valence electrons. The van der Waals surface area contributed by atoms with Gasteiger partial charge in [-0.3, -0.25) is 9.59 Å². The van der Waals surface area contributed by atoms with Gasteiger partial charge in [-0.2, -0.15) is 35.3 Å². The lowest BCUT2D eigenvalue weighted by atomic mass is 9.88. The van der Waals surface area contributed by atoms with Crippen LogP contribution in [-0.2, 0) is 9.59 Å². The van der Waals surface area contributed by atoms with Gasteiger partial charge in [-0.15, -0.1) is 0 Å². The molecule has 0 saturated carbocycles. The molecule has 0 spiro atoms. The third-order valence-corrected chi connectivity index (χ3v) is 10.2. The van der Waals surface area contributed by atoms with Crippen molar-refractivity contribution in [3.8, 4) is 0 Å². The number of hydrogen-bond donors (Lipinski definition) is 2. The minimum Gasteiger partial charge on any atom is -0.330 e. The van der Waals surface area contributed by atoms with E-state index in [4.69, 9.17) is 5.73 Å². The Bertz CT molecular complexity index is 537. The molecule has 0 aromatic rings. The molecule has 0 aliphatic carbocycles. The number of Topliss-reactive ketones (excluding diaryl/α,β-unsaturated/α-hetero) is 2. The van der Waals surface area contributed by atoms with E-state index in [1.165, 1.54) is 11.5 Å². The molecule has 3 atom stereocenters. The molecule has 3 unspecified atom stereocenters. The molecule has 0 amide bonds. The van der Waals surface area contributed by atoms with Gasteiger partial charge in [0.25, 0.3) is 0 Å². The molecule has 1 aliphatic heterocycles. The Balaban J connectivity index is 2.52. The lowest BCUT2D eigenvalue weighted by Gasteiger charge is -2.35. The first-order valence-electron chi connectivity index (χ1n) is 11.3. The predicted octanol–water partition coefficient (Wildman–Crippen LogP) is 4.64. The van der Waals surface area contributed by atoms with Crippen molar-refractivity contribution in [2.24, 2.45) is 17.6 Å². The van der Waals surface area contributed by atoms with Crippen LogP contribution in [0.25, 0.3) is 0 Å². The number of rotatable bonds is 15. The zero-order chi connectivity index (χ0) is 22.8. The molecule has 1 aliphatic rings. The summed E-state index contributed by atoms with van der Waals surface area (Å²) in [6, 6.07) is -0.188. The first-order valence-corrected chi connectivity index (χ1v) is 14.9. The van der Waals surface area contributed by atoms with Crippen LogP contribution in [0.3, 0.4) is 0 Å². The summed E-state index contributed by atoms with van der Waals surface area (Å²) in [6.45, 7) is 9.65. The van der Waals surface area contributed by atoms with E-state index in [2.05, 4.69) is 38.6 Å². The average Bonchev–Trinajstić information content (AvgIpc) is 2.73. The van der Waals surface area contributed by atoms with Crippen LogP contribution in [0.1, 0.15) is 66.2 Å². The molecule has 0 aromatic heterocycles. The minimum atomic E-state index is -0.188. The van der Waals surface area contributed by atoms with E-state index in [-0.39, 0.29) is 33.2 Å². The molecular formula is C23H44N2O2S3. The van der Waals surface area contributed by atoms with E-state index in [9.17, 15) is 9.59 Å². The highest BCUT2D eigenvalue weighted by Crippen LogP contribution is 2.41. The molecule has 4 nitrogen and oxygen atoms in total. The fraction of sp³-hybridized carbons (Fsp3) is 0.913. The van der Waals surface area contributed by atoms with Crippen molar-refractivity contribution in [2.75, 3.05) is 37.1 Å². The Morgan fingerprint density at radius 2 is 1.80 bits per heavy atom. The number of carbonyl (C=O) groups excluding carboxylic acids is 2. The SMILES string of the molecule is CSC1(CC(=O)C(C)CCCNC(C(=O)CC(C)CN)C(C)(C)SC)CCSCC1. The van der Waals surface area contributed by atoms with Gasteiger partial charge in [-0.25, -0.2) is 0 Å². The van der Waals surface area contributed by atoms with Crippen molar-refractivity contribution in [3.05, 3.63) is 0 Å². The van der Waals surface area contributed by atoms with E-state index in [1.807, 2.05) is 30.4 Å². The zero-order valence-electron chi connectivity index (χ0n) is 19.9. The molecule has 3 N–H and O–H groups in total. The monoisotopic (exact) mass is 476 g/mol. The number of carbonyl (C=O) groups is 2. The molecule has 1 heterocycles. The Morgan fingerprint density at radius 3 is 2.33 bits per heavy atom. The van der Waals surface area contributed by atoms with Gasteiger partial charge >= 0.3 is 0 Å². The predicted molar refractivity (Wildman–Crippen MR) is 138 cm³/mol. The second kappa shape index (κ2) is 13.8. The highest BCUT2D eigenvalue weighted by Gasteiger charge is 2.36. The third-order valence-electron chi connectivity index (χ3n) is 6.54. The molecular weight excluding hydrogens is 432 g/mol. The second-order valence-electron chi connectivity index (χ2n) is 9.39. The smallest absolute Gasteiger partial charge is 0.151 e. The summed E-state index contributed by atoms with van der Waals surface area (Å²) in [5.41, 5.74) is 5.72. The van der Waals surface area contributed by atoms with E-state index in [0.29, 0.717) is 25.2 Å². The maximum absolute atomic E-state index is 12.9.